The van der Waals surface area contributed by atoms with Crippen LogP contribution in [0.3, 0.4) is 0 Å². The lowest BCUT2D eigenvalue weighted by molar-refractivity contribution is -0.121. The number of aryl methyl sites for hydroxylation is 1. The largest absolute Gasteiger partial charge is 0.490 e. The summed E-state index contributed by atoms with van der Waals surface area (Å²) in [6.07, 6.45) is 3.70. The minimum absolute atomic E-state index is 0.0280. The lowest BCUT2D eigenvalue weighted by Crippen LogP contribution is -2.40. The third-order valence-corrected chi connectivity index (χ3v) is 4.85. The van der Waals surface area contributed by atoms with Gasteiger partial charge >= 0.3 is 0 Å². The van der Waals surface area contributed by atoms with Gasteiger partial charge in [-0.2, -0.15) is 0 Å². The highest BCUT2D eigenvalue weighted by Crippen LogP contribution is 2.22. The first kappa shape index (κ1) is 19.2. The zero-order chi connectivity index (χ0) is 19.1. The van der Waals surface area contributed by atoms with Crippen molar-refractivity contribution < 1.29 is 9.53 Å². The summed E-state index contributed by atoms with van der Waals surface area (Å²) >= 11 is 0. The molecule has 0 aliphatic carbocycles. The fourth-order valence-electron chi connectivity index (χ4n) is 3.52. The number of hydrogen-bond acceptors (Lipinski definition) is 3. The number of ether oxygens (including phenoxy) is 1. The fourth-order valence-corrected chi connectivity index (χ4v) is 3.52. The van der Waals surface area contributed by atoms with E-state index in [0.717, 1.165) is 43.9 Å². The molecule has 1 aliphatic rings. The maximum Gasteiger partial charge on any atom is 0.228 e. The molecular formula is C23H28N2O2. The summed E-state index contributed by atoms with van der Waals surface area (Å²) in [7, 11) is 0. The van der Waals surface area contributed by atoms with Gasteiger partial charge in [0, 0.05) is 18.8 Å². The van der Waals surface area contributed by atoms with Crippen LogP contribution < -0.4 is 10.1 Å². The van der Waals surface area contributed by atoms with Gasteiger partial charge in [0.25, 0.3) is 0 Å². The highest BCUT2D eigenvalue weighted by atomic mass is 16.5. The van der Waals surface area contributed by atoms with E-state index in [1.54, 1.807) is 6.08 Å². The average Bonchev–Trinajstić information content (AvgIpc) is 2.68. The molecular weight excluding hydrogens is 336 g/mol. The van der Waals surface area contributed by atoms with Gasteiger partial charge in [-0.25, -0.2) is 0 Å². The van der Waals surface area contributed by atoms with Gasteiger partial charge in [-0.3, -0.25) is 9.69 Å². The van der Waals surface area contributed by atoms with Gasteiger partial charge in [-0.1, -0.05) is 42.5 Å². The molecule has 0 bridgehead atoms. The smallest absolute Gasteiger partial charge is 0.228 e. The third kappa shape index (κ3) is 5.69. The van der Waals surface area contributed by atoms with Crippen molar-refractivity contribution in [1.82, 2.24) is 4.90 Å². The predicted molar refractivity (Wildman–Crippen MR) is 110 cm³/mol. The van der Waals surface area contributed by atoms with Gasteiger partial charge in [-0.05, 0) is 56.1 Å². The Balaban J connectivity index is 1.54. The first-order chi connectivity index (χ1) is 13.1. The van der Waals surface area contributed by atoms with Crippen LogP contribution in [0.25, 0.3) is 0 Å². The van der Waals surface area contributed by atoms with Crippen molar-refractivity contribution in [2.75, 3.05) is 25.0 Å². The molecule has 1 saturated heterocycles. The molecule has 0 spiro atoms. The van der Waals surface area contributed by atoms with E-state index in [9.17, 15) is 4.79 Å². The van der Waals surface area contributed by atoms with Crippen molar-refractivity contribution >= 4 is 11.6 Å². The van der Waals surface area contributed by atoms with E-state index in [0.29, 0.717) is 6.61 Å². The second-order valence-electron chi connectivity index (χ2n) is 7.18. The number of piperidine rings is 1. The molecule has 1 heterocycles. The number of rotatable bonds is 7. The van der Waals surface area contributed by atoms with Gasteiger partial charge in [0.15, 0.2) is 0 Å². The standard InChI is InChI=1S/C23H28N2O2/c1-3-14-27-22-11-9-21(10-12-22)24-23(26)20-8-5-13-25(17-20)16-19-7-4-6-18(2)15-19/h3-4,6-7,9-12,15,20H,1,5,8,13-14,16-17H2,2H3,(H,24,26). The summed E-state index contributed by atoms with van der Waals surface area (Å²) in [6.45, 7) is 8.98. The second-order valence-corrected chi connectivity index (χ2v) is 7.18. The molecule has 0 radical (unpaired) electrons. The molecule has 0 aromatic heterocycles. The van der Waals surface area contributed by atoms with E-state index in [1.807, 2.05) is 24.3 Å². The van der Waals surface area contributed by atoms with Crippen LogP contribution in [0.15, 0.2) is 61.2 Å². The molecule has 1 amide bonds. The number of hydrogen-bond donors (Lipinski definition) is 1. The molecule has 1 unspecified atom stereocenters. The zero-order valence-electron chi connectivity index (χ0n) is 16.0. The van der Waals surface area contributed by atoms with Crippen molar-refractivity contribution in [3.63, 3.8) is 0 Å². The number of carbonyl (C=O) groups excluding carboxylic acids is 1. The van der Waals surface area contributed by atoms with Crippen LogP contribution in [-0.2, 0) is 11.3 Å². The van der Waals surface area contributed by atoms with Crippen LogP contribution in [0.4, 0.5) is 5.69 Å². The summed E-state index contributed by atoms with van der Waals surface area (Å²) in [5.74, 6) is 0.902. The number of nitrogens with zero attached hydrogens (tertiary/aromatic N) is 1. The maximum absolute atomic E-state index is 12.7. The lowest BCUT2D eigenvalue weighted by Gasteiger charge is -2.32. The predicted octanol–water partition coefficient (Wildman–Crippen LogP) is 4.41. The Labute approximate surface area is 161 Å². The topological polar surface area (TPSA) is 41.6 Å². The minimum Gasteiger partial charge on any atom is -0.490 e. The van der Waals surface area contributed by atoms with Gasteiger partial charge in [0.1, 0.15) is 12.4 Å². The molecule has 1 atom stereocenters. The van der Waals surface area contributed by atoms with Crippen LogP contribution in [-0.4, -0.2) is 30.5 Å². The molecule has 1 aliphatic heterocycles. The Hall–Kier alpha value is -2.59. The van der Waals surface area contributed by atoms with Crippen molar-refractivity contribution in [3.05, 3.63) is 72.3 Å². The van der Waals surface area contributed by atoms with Crippen molar-refractivity contribution in [1.29, 1.82) is 0 Å². The van der Waals surface area contributed by atoms with Crippen LogP contribution in [0, 0.1) is 12.8 Å². The quantitative estimate of drug-likeness (QED) is 0.740. The summed E-state index contributed by atoms with van der Waals surface area (Å²) in [4.78, 5) is 15.1. The Bertz CT molecular complexity index is 770. The Morgan fingerprint density at radius 1 is 1.30 bits per heavy atom. The van der Waals surface area contributed by atoms with Gasteiger partial charge in [-0.15, -0.1) is 0 Å². The number of nitrogens with one attached hydrogen (secondary N) is 1. The molecule has 142 valence electrons. The maximum atomic E-state index is 12.7. The second kappa shape index (κ2) is 9.38. The normalized spacial score (nSPS) is 17.3. The first-order valence-corrected chi connectivity index (χ1v) is 9.56. The number of anilines is 1. The van der Waals surface area contributed by atoms with E-state index in [2.05, 4.69) is 48.0 Å². The molecule has 0 saturated carbocycles. The number of benzene rings is 2. The Morgan fingerprint density at radius 3 is 2.85 bits per heavy atom. The van der Waals surface area contributed by atoms with Gasteiger partial charge < -0.3 is 10.1 Å². The number of likely N-dealkylation sites (tertiary alicyclic amines) is 1. The molecule has 2 aromatic carbocycles. The van der Waals surface area contributed by atoms with E-state index >= 15 is 0 Å². The lowest BCUT2D eigenvalue weighted by atomic mass is 9.96. The molecule has 3 rings (SSSR count). The summed E-state index contributed by atoms with van der Waals surface area (Å²) in [6, 6.07) is 16.1. The number of amides is 1. The summed E-state index contributed by atoms with van der Waals surface area (Å²) < 4.78 is 5.47. The average molecular weight is 364 g/mol. The number of carbonyl (C=O) groups is 1. The Morgan fingerprint density at radius 2 is 2.11 bits per heavy atom. The molecule has 1 N–H and O–H groups in total. The molecule has 1 fully saturated rings. The minimum atomic E-state index is 0.0280. The van der Waals surface area contributed by atoms with E-state index < -0.39 is 0 Å². The highest BCUT2D eigenvalue weighted by molar-refractivity contribution is 5.92. The monoisotopic (exact) mass is 364 g/mol. The van der Waals surface area contributed by atoms with Gasteiger partial charge in [0.05, 0.1) is 5.92 Å². The van der Waals surface area contributed by atoms with E-state index in [1.165, 1.54) is 11.1 Å². The first-order valence-electron chi connectivity index (χ1n) is 9.56. The molecule has 4 nitrogen and oxygen atoms in total. The molecule has 4 heteroatoms. The summed E-state index contributed by atoms with van der Waals surface area (Å²) in [5.41, 5.74) is 3.40. The fraction of sp³-hybridized carbons (Fsp3) is 0.348. The van der Waals surface area contributed by atoms with Crippen LogP contribution in [0.2, 0.25) is 0 Å². The van der Waals surface area contributed by atoms with Crippen molar-refractivity contribution in [2.24, 2.45) is 5.92 Å². The Kier molecular flexibility index (Phi) is 6.66. The van der Waals surface area contributed by atoms with Crippen molar-refractivity contribution in [2.45, 2.75) is 26.3 Å². The van der Waals surface area contributed by atoms with E-state index in [4.69, 9.17) is 4.74 Å². The van der Waals surface area contributed by atoms with Crippen LogP contribution in [0.1, 0.15) is 24.0 Å². The summed E-state index contributed by atoms with van der Waals surface area (Å²) in [5, 5.41) is 3.05. The molecule has 27 heavy (non-hydrogen) atoms. The molecule has 2 aromatic rings. The highest BCUT2D eigenvalue weighted by Gasteiger charge is 2.25. The SMILES string of the molecule is C=CCOc1ccc(NC(=O)C2CCCN(Cc3cccc(C)c3)C2)cc1. The van der Waals surface area contributed by atoms with Crippen molar-refractivity contribution in [3.8, 4) is 5.75 Å². The third-order valence-electron chi connectivity index (χ3n) is 4.85. The van der Waals surface area contributed by atoms with Gasteiger partial charge in [0.2, 0.25) is 5.91 Å². The van der Waals surface area contributed by atoms with E-state index in [-0.39, 0.29) is 11.8 Å². The zero-order valence-corrected chi connectivity index (χ0v) is 16.0. The van der Waals surface area contributed by atoms with Crippen LogP contribution >= 0.6 is 0 Å². The van der Waals surface area contributed by atoms with Crippen LogP contribution in [0.5, 0.6) is 5.75 Å².